The van der Waals surface area contributed by atoms with E-state index in [1.165, 1.54) is 21.3 Å². The molecule has 0 amide bonds. The molecule has 0 unspecified atom stereocenters. The van der Waals surface area contributed by atoms with E-state index in [0.717, 1.165) is 17.2 Å². The van der Waals surface area contributed by atoms with Crippen molar-refractivity contribution >= 4 is 22.1 Å². The number of nitrogens with zero attached hydrogens (tertiary/aromatic N) is 2. The minimum Gasteiger partial charge on any atom is -0.315 e. The van der Waals surface area contributed by atoms with Crippen molar-refractivity contribution in [2.24, 2.45) is 0 Å². The van der Waals surface area contributed by atoms with Crippen LogP contribution in [0.2, 0.25) is 0 Å². The molecule has 108 valence electrons. The van der Waals surface area contributed by atoms with Crippen LogP contribution in [0.4, 0.5) is 0 Å². The fraction of sp³-hybridized carbons (Fsp3) is 0.294. The predicted octanol–water partition coefficient (Wildman–Crippen LogP) is 4.20. The van der Waals surface area contributed by atoms with Crippen LogP contribution in [0, 0.1) is 0 Å². The molecule has 0 fully saturated rings. The molecule has 0 saturated heterocycles. The normalized spacial score (nSPS) is 11.4. The molecule has 0 saturated carbocycles. The number of nitrogens with one attached hydrogen (secondary N) is 1. The number of benzene rings is 1. The molecule has 4 heteroatoms. The van der Waals surface area contributed by atoms with E-state index < -0.39 is 0 Å². The maximum Gasteiger partial charge on any atom is 0.143 e. The van der Waals surface area contributed by atoms with Crippen molar-refractivity contribution in [1.29, 1.82) is 0 Å². The molecule has 0 bridgehead atoms. The summed E-state index contributed by atoms with van der Waals surface area (Å²) in [7, 11) is 1.97. The number of hydrogen-bond donors (Lipinski definition) is 1. The zero-order valence-corrected chi connectivity index (χ0v) is 13.4. The van der Waals surface area contributed by atoms with Gasteiger partial charge in [-0.3, -0.25) is 4.98 Å². The van der Waals surface area contributed by atoms with Crippen LogP contribution in [-0.4, -0.2) is 17.0 Å². The summed E-state index contributed by atoms with van der Waals surface area (Å²) in [6.07, 6.45) is 1.87. The van der Waals surface area contributed by atoms with E-state index >= 15 is 0 Å². The number of pyridine rings is 1. The number of hydrogen-bond acceptors (Lipinski definition) is 4. The first kappa shape index (κ1) is 14.2. The van der Waals surface area contributed by atoms with Gasteiger partial charge in [0, 0.05) is 23.0 Å². The van der Waals surface area contributed by atoms with Crippen molar-refractivity contribution in [1.82, 2.24) is 15.3 Å². The Bertz CT molecular complexity index is 756. The van der Waals surface area contributed by atoms with Crippen LogP contribution in [0.15, 0.2) is 36.5 Å². The highest BCUT2D eigenvalue weighted by atomic mass is 32.1. The molecule has 3 rings (SSSR count). The van der Waals surface area contributed by atoms with E-state index in [2.05, 4.69) is 48.4 Å². The lowest BCUT2D eigenvalue weighted by molar-refractivity contribution is 0.771. The monoisotopic (exact) mass is 297 g/mol. The molecule has 3 aromatic rings. The molecule has 0 radical (unpaired) electrons. The van der Waals surface area contributed by atoms with Crippen LogP contribution in [0.5, 0.6) is 0 Å². The lowest BCUT2D eigenvalue weighted by atomic mass is 10.1. The Morgan fingerprint density at radius 2 is 2.00 bits per heavy atom. The average molecular weight is 297 g/mol. The third kappa shape index (κ3) is 2.69. The standard InChI is InChI=1S/C17H19N3S/c1-11(2)15-14(10-18-3)21-17(20-15)16-13-7-5-4-6-12(13)8-9-19-16/h4-9,11,18H,10H2,1-3H3. The van der Waals surface area contributed by atoms with Crippen molar-refractivity contribution in [2.45, 2.75) is 26.3 Å². The molecule has 0 aliphatic heterocycles. The quantitative estimate of drug-likeness (QED) is 0.784. The van der Waals surface area contributed by atoms with Gasteiger partial charge in [-0.25, -0.2) is 4.98 Å². The molecular weight excluding hydrogens is 278 g/mol. The van der Waals surface area contributed by atoms with E-state index in [1.54, 1.807) is 11.3 Å². The fourth-order valence-corrected chi connectivity index (χ4v) is 3.73. The first-order chi connectivity index (χ1) is 10.2. The maximum atomic E-state index is 4.86. The number of rotatable bonds is 4. The minimum atomic E-state index is 0.424. The van der Waals surface area contributed by atoms with Gasteiger partial charge in [-0.1, -0.05) is 38.1 Å². The van der Waals surface area contributed by atoms with Gasteiger partial charge in [-0.15, -0.1) is 11.3 Å². The van der Waals surface area contributed by atoms with Gasteiger partial charge in [-0.05, 0) is 24.4 Å². The van der Waals surface area contributed by atoms with Gasteiger partial charge < -0.3 is 5.32 Å². The van der Waals surface area contributed by atoms with Crippen LogP contribution >= 0.6 is 11.3 Å². The smallest absolute Gasteiger partial charge is 0.143 e. The Morgan fingerprint density at radius 1 is 1.19 bits per heavy atom. The Kier molecular flexibility index (Phi) is 3.99. The highest BCUT2D eigenvalue weighted by Gasteiger charge is 2.16. The molecule has 0 spiro atoms. The Labute approximate surface area is 129 Å². The van der Waals surface area contributed by atoms with Gasteiger partial charge in [0.05, 0.1) is 5.69 Å². The third-order valence-corrected chi connectivity index (χ3v) is 4.57. The van der Waals surface area contributed by atoms with E-state index in [0.29, 0.717) is 5.92 Å². The zero-order valence-electron chi connectivity index (χ0n) is 12.6. The summed E-state index contributed by atoms with van der Waals surface area (Å²) >= 11 is 1.74. The Morgan fingerprint density at radius 3 is 2.76 bits per heavy atom. The number of fused-ring (bicyclic) bond motifs is 1. The molecule has 0 aliphatic carbocycles. The molecule has 1 aromatic carbocycles. The lowest BCUT2D eigenvalue weighted by Crippen LogP contribution is -2.06. The van der Waals surface area contributed by atoms with Crippen LogP contribution in [0.1, 0.15) is 30.3 Å². The zero-order chi connectivity index (χ0) is 14.8. The molecule has 2 aromatic heterocycles. The van der Waals surface area contributed by atoms with Crippen molar-refractivity contribution in [2.75, 3.05) is 7.05 Å². The summed E-state index contributed by atoms with van der Waals surface area (Å²) in [5.41, 5.74) is 2.17. The fourth-order valence-electron chi connectivity index (χ4n) is 2.49. The van der Waals surface area contributed by atoms with Crippen molar-refractivity contribution in [3.05, 3.63) is 47.1 Å². The maximum absolute atomic E-state index is 4.86. The topological polar surface area (TPSA) is 37.8 Å². The predicted molar refractivity (Wildman–Crippen MR) is 89.7 cm³/mol. The van der Waals surface area contributed by atoms with Gasteiger partial charge in [-0.2, -0.15) is 0 Å². The van der Waals surface area contributed by atoms with Gasteiger partial charge in [0.25, 0.3) is 0 Å². The second-order valence-corrected chi connectivity index (χ2v) is 6.48. The molecule has 21 heavy (non-hydrogen) atoms. The molecular formula is C17H19N3S. The van der Waals surface area contributed by atoms with Crippen LogP contribution < -0.4 is 5.32 Å². The Hall–Kier alpha value is -1.78. The molecule has 0 atom stereocenters. The van der Waals surface area contributed by atoms with Gasteiger partial charge >= 0.3 is 0 Å². The van der Waals surface area contributed by atoms with Gasteiger partial charge in [0.15, 0.2) is 0 Å². The van der Waals surface area contributed by atoms with E-state index in [9.17, 15) is 0 Å². The SMILES string of the molecule is CNCc1sc(-c2nccc3ccccc23)nc1C(C)C. The van der Waals surface area contributed by atoms with E-state index in [1.807, 2.05) is 19.3 Å². The van der Waals surface area contributed by atoms with Crippen molar-refractivity contribution in [3.63, 3.8) is 0 Å². The van der Waals surface area contributed by atoms with E-state index in [4.69, 9.17) is 4.98 Å². The van der Waals surface area contributed by atoms with Crippen molar-refractivity contribution in [3.8, 4) is 10.7 Å². The summed E-state index contributed by atoms with van der Waals surface area (Å²) in [6.45, 7) is 5.24. The summed E-state index contributed by atoms with van der Waals surface area (Å²) in [4.78, 5) is 10.7. The largest absolute Gasteiger partial charge is 0.315 e. The molecule has 3 nitrogen and oxygen atoms in total. The summed E-state index contributed by atoms with van der Waals surface area (Å²) in [5.74, 6) is 0.424. The number of thiazole rings is 1. The van der Waals surface area contributed by atoms with Crippen LogP contribution in [0.3, 0.4) is 0 Å². The highest BCUT2D eigenvalue weighted by molar-refractivity contribution is 7.15. The van der Waals surface area contributed by atoms with E-state index in [-0.39, 0.29) is 0 Å². The lowest BCUT2D eigenvalue weighted by Gasteiger charge is -2.03. The first-order valence-corrected chi connectivity index (χ1v) is 8.00. The second kappa shape index (κ2) is 5.92. The second-order valence-electron chi connectivity index (χ2n) is 5.39. The highest BCUT2D eigenvalue weighted by Crippen LogP contribution is 2.34. The van der Waals surface area contributed by atoms with Gasteiger partial charge in [0.1, 0.15) is 10.7 Å². The third-order valence-electron chi connectivity index (χ3n) is 3.49. The average Bonchev–Trinajstić information content (AvgIpc) is 2.91. The minimum absolute atomic E-state index is 0.424. The molecule has 2 heterocycles. The summed E-state index contributed by atoms with van der Waals surface area (Å²) in [5, 5.41) is 6.62. The summed E-state index contributed by atoms with van der Waals surface area (Å²) in [6, 6.07) is 10.4. The summed E-state index contributed by atoms with van der Waals surface area (Å²) < 4.78 is 0. The van der Waals surface area contributed by atoms with Crippen molar-refractivity contribution < 1.29 is 0 Å². The first-order valence-electron chi connectivity index (χ1n) is 7.19. The molecule has 1 N–H and O–H groups in total. The van der Waals surface area contributed by atoms with Gasteiger partial charge in [0.2, 0.25) is 0 Å². The molecule has 0 aliphatic rings. The Balaban J connectivity index is 2.17. The van der Waals surface area contributed by atoms with Crippen LogP contribution in [0.25, 0.3) is 21.5 Å². The number of aromatic nitrogens is 2. The van der Waals surface area contributed by atoms with Crippen LogP contribution in [-0.2, 0) is 6.54 Å².